The van der Waals surface area contributed by atoms with E-state index in [-0.39, 0.29) is 0 Å². The highest BCUT2D eigenvalue weighted by Gasteiger charge is 2.45. The van der Waals surface area contributed by atoms with Crippen molar-refractivity contribution in [2.75, 3.05) is 7.11 Å². The van der Waals surface area contributed by atoms with Crippen molar-refractivity contribution in [1.82, 2.24) is 5.32 Å². The van der Waals surface area contributed by atoms with Crippen molar-refractivity contribution in [1.29, 1.82) is 0 Å². The van der Waals surface area contributed by atoms with Gasteiger partial charge < -0.3 is 14.5 Å². The van der Waals surface area contributed by atoms with E-state index in [0.717, 1.165) is 5.56 Å². The smallest absolute Gasteiger partial charge is 0.374 e. The molecule has 1 heterocycles. The summed E-state index contributed by atoms with van der Waals surface area (Å²) in [6, 6.07) is 2.34. The summed E-state index contributed by atoms with van der Waals surface area (Å²) in [6.45, 7) is 5.09. The fourth-order valence-electron chi connectivity index (χ4n) is 1.80. The van der Waals surface area contributed by atoms with E-state index in [0.29, 0.717) is 23.8 Å². The molecule has 1 N–H and O–H groups in total. The molecule has 0 bridgehead atoms. The first-order chi connectivity index (χ1) is 7.54. The summed E-state index contributed by atoms with van der Waals surface area (Å²) in [7, 11) is 1.35. The van der Waals surface area contributed by atoms with Gasteiger partial charge in [0.15, 0.2) is 0 Å². The maximum absolute atomic E-state index is 11.3. The number of ether oxygens (including phenoxy) is 1. The number of rotatable bonds is 4. The van der Waals surface area contributed by atoms with E-state index in [9.17, 15) is 4.79 Å². The van der Waals surface area contributed by atoms with Gasteiger partial charge in [0.25, 0.3) is 0 Å². The van der Waals surface area contributed by atoms with Crippen LogP contribution in [0, 0.1) is 5.41 Å². The lowest BCUT2D eigenvalue weighted by Crippen LogP contribution is -2.20. The lowest BCUT2D eigenvalue weighted by Gasteiger charge is -2.06. The second-order valence-corrected chi connectivity index (χ2v) is 4.89. The molecule has 0 aromatic carbocycles. The predicted octanol–water partition coefficient (Wildman–Crippen LogP) is 1.95. The summed E-state index contributed by atoms with van der Waals surface area (Å²) in [5, 5.41) is 3.40. The third-order valence-corrected chi connectivity index (χ3v) is 3.17. The van der Waals surface area contributed by atoms with Crippen LogP contribution in [0.15, 0.2) is 16.7 Å². The van der Waals surface area contributed by atoms with Crippen molar-refractivity contribution < 1.29 is 13.9 Å². The molecule has 2 rings (SSSR count). The van der Waals surface area contributed by atoms with Crippen molar-refractivity contribution in [3.8, 4) is 0 Å². The highest BCUT2D eigenvalue weighted by atomic mass is 16.5. The second-order valence-electron chi connectivity index (χ2n) is 4.89. The van der Waals surface area contributed by atoms with E-state index in [4.69, 9.17) is 4.42 Å². The van der Waals surface area contributed by atoms with Gasteiger partial charge in [-0.15, -0.1) is 0 Å². The van der Waals surface area contributed by atoms with E-state index < -0.39 is 5.97 Å². The molecular formula is C12H17NO3. The second kappa shape index (κ2) is 3.94. The molecule has 1 aliphatic rings. The van der Waals surface area contributed by atoms with Gasteiger partial charge in [0.05, 0.1) is 13.4 Å². The molecule has 0 radical (unpaired) electrons. The van der Waals surface area contributed by atoms with Gasteiger partial charge in [0, 0.05) is 18.2 Å². The molecule has 1 saturated carbocycles. The fourth-order valence-corrected chi connectivity index (χ4v) is 1.80. The number of esters is 1. The van der Waals surface area contributed by atoms with Gasteiger partial charge in [-0.2, -0.15) is 0 Å². The van der Waals surface area contributed by atoms with E-state index >= 15 is 0 Å². The van der Waals surface area contributed by atoms with Crippen LogP contribution in [-0.2, 0) is 11.3 Å². The third kappa shape index (κ3) is 2.11. The molecule has 0 aliphatic heterocycles. The lowest BCUT2D eigenvalue weighted by atomic mass is 10.2. The van der Waals surface area contributed by atoms with Crippen LogP contribution in [0.3, 0.4) is 0 Å². The molecule has 1 aromatic heterocycles. The van der Waals surface area contributed by atoms with Crippen molar-refractivity contribution in [3.63, 3.8) is 0 Å². The summed E-state index contributed by atoms with van der Waals surface area (Å²) < 4.78 is 9.75. The molecule has 0 amide bonds. The van der Waals surface area contributed by atoms with Gasteiger partial charge in [0.2, 0.25) is 5.76 Å². The van der Waals surface area contributed by atoms with Crippen LogP contribution in [0.5, 0.6) is 0 Å². The lowest BCUT2D eigenvalue weighted by molar-refractivity contribution is 0.0563. The molecular weight excluding hydrogens is 206 g/mol. The molecule has 88 valence electrons. The molecule has 1 fully saturated rings. The SMILES string of the molecule is COC(=O)c1occc1CNC1CC1(C)C. The monoisotopic (exact) mass is 223 g/mol. The molecule has 0 spiro atoms. The standard InChI is InChI=1S/C12H17NO3/c1-12(2)6-9(12)13-7-8-4-5-16-10(8)11(14)15-3/h4-5,9,13H,6-7H2,1-3H3. The molecule has 1 aliphatic carbocycles. The normalized spacial score (nSPS) is 21.8. The van der Waals surface area contributed by atoms with Crippen LogP contribution in [0.1, 0.15) is 36.4 Å². The Morgan fingerprint density at radius 2 is 2.38 bits per heavy atom. The molecule has 1 atom stereocenters. The maximum atomic E-state index is 11.3. The van der Waals surface area contributed by atoms with Gasteiger partial charge >= 0.3 is 5.97 Å². The molecule has 1 aromatic rings. The van der Waals surface area contributed by atoms with Crippen LogP contribution >= 0.6 is 0 Å². The Morgan fingerprint density at radius 3 is 2.94 bits per heavy atom. The molecule has 4 heteroatoms. The highest BCUT2D eigenvalue weighted by molar-refractivity contribution is 5.87. The van der Waals surface area contributed by atoms with Crippen LogP contribution in [0.25, 0.3) is 0 Å². The number of carbonyl (C=O) groups excluding carboxylic acids is 1. The van der Waals surface area contributed by atoms with Gasteiger partial charge in [-0.3, -0.25) is 0 Å². The summed E-state index contributed by atoms with van der Waals surface area (Å²) in [5.41, 5.74) is 1.24. The van der Waals surface area contributed by atoms with Crippen molar-refractivity contribution in [3.05, 3.63) is 23.7 Å². The molecule has 1 unspecified atom stereocenters. The first-order valence-corrected chi connectivity index (χ1v) is 5.42. The van der Waals surface area contributed by atoms with Crippen molar-refractivity contribution in [2.45, 2.75) is 32.9 Å². The zero-order valence-corrected chi connectivity index (χ0v) is 9.87. The number of furan rings is 1. The zero-order valence-electron chi connectivity index (χ0n) is 9.87. The van der Waals surface area contributed by atoms with Crippen LogP contribution in [-0.4, -0.2) is 19.1 Å². The zero-order chi connectivity index (χ0) is 11.8. The van der Waals surface area contributed by atoms with Gasteiger partial charge in [-0.25, -0.2) is 4.79 Å². The Bertz CT molecular complexity index is 395. The Kier molecular flexibility index (Phi) is 2.76. The number of carbonyl (C=O) groups is 1. The first kappa shape index (κ1) is 11.2. The Labute approximate surface area is 95.0 Å². The van der Waals surface area contributed by atoms with Gasteiger partial charge in [-0.1, -0.05) is 13.8 Å². The maximum Gasteiger partial charge on any atom is 0.374 e. The Hall–Kier alpha value is -1.29. The molecule has 0 saturated heterocycles. The van der Waals surface area contributed by atoms with E-state index in [1.54, 1.807) is 6.07 Å². The average Bonchev–Trinajstić information content (AvgIpc) is 2.67. The van der Waals surface area contributed by atoms with Crippen LogP contribution < -0.4 is 5.32 Å². The molecule has 16 heavy (non-hydrogen) atoms. The number of hydrogen-bond acceptors (Lipinski definition) is 4. The minimum atomic E-state index is -0.420. The molecule has 4 nitrogen and oxygen atoms in total. The quantitative estimate of drug-likeness (QED) is 0.793. The van der Waals surface area contributed by atoms with Gasteiger partial charge in [-0.05, 0) is 17.9 Å². The highest BCUT2D eigenvalue weighted by Crippen LogP contribution is 2.44. The summed E-state index contributed by atoms with van der Waals surface area (Å²) in [6.07, 6.45) is 2.69. The summed E-state index contributed by atoms with van der Waals surface area (Å²) >= 11 is 0. The van der Waals surface area contributed by atoms with E-state index in [2.05, 4.69) is 23.9 Å². The third-order valence-electron chi connectivity index (χ3n) is 3.17. The van der Waals surface area contributed by atoms with Crippen molar-refractivity contribution >= 4 is 5.97 Å². The predicted molar refractivity (Wildman–Crippen MR) is 59.1 cm³/mol. The van der Waals surface area contributed by atoms with Crippen molar-refractivity contribution in [2.24, 2.45) is 5.41 Å². The van der Waals surface area contributed by atoms with Crippen LogP contribution in [0.4, 0.5) is 0 Å². The Morgan fingerprint density at radius 1 is 1.69 bits per heavy atom. The summed E-state index contributed by atoms with van der Waals surface area (Å²) in [5.74, 6) is -0.120. The minimum absolute atomic E-state index is 0.299. The number of nitrogens with one attached hydrogen (secondary N) is 1. The van der Waals surface area contributed by atoms with E-state index in [1.807, 2.05) is 0 Å². The number of hydrogen-bond donors (Lipinski definition) is 1. The fraction of sp³-hybridized carbons (Fsp3) is 0.583. The van der Waals surface area contributed by atoms with Crippen LogP contribution in [0.2, 0.25) is 0 Å². The average molecular weight is 223 g/mol. The van der Waals surface area contributed by atoms with E-state index in [1.165, 1.54) is 19.8 Å². The number of methoxy groups -OCH3 is 1. The first-order valence-electron chi connectivity index (χ1n) is 5.42. The summed E-state index contributed by atoms with van der Waals surface area (Å²) in [4.78, 5) is 11.3. The topological polar surface area (TPSA) is 51.5 Å². The largest absolute Gasteiger partial charge is 0.463 e. The van der Waals surface area contributed by atoms with Gasteiger partial charge in [0.1, 0.15) is 0 Å². The Balaban J connectivity index is 1.95. The minimum Gasteiger partial charge on any atom is -0.463 e.